The summed E-state index contributed by atoms with van der Waals surface area (Å²) in [5, 5.41) is 0. The number of nitrogens with zero attached hydrogens (tertiary/aromatic N) is 1. The number of hydrogen-bond donors (Lipinski definition) is 0. The Bertz CT molecular complexity index is 1000. The Hall–Kier alpha value is -1.25. The molecular weight excluding hydrogens is 750 g/mol. The van der Waals surface area contributed by atoms with E-state index in [1.807, 2.05) is 21.1 Å². The Morgan fingerprint density at radius 1 is 0.517 bits per heavy atom. The topological polar surface area (TPSA) is 111 Å². The zero-order valence-electron chi connectivity index (χ0n) is 38.8. The molecule has 9 nitrogen and oxygen atoms in total. The highest BCUT2D eigenvalue weighted by Gasteiger charge is 2.21. The lowest BCUT2D eigenvalue weighted by atomic mass is 10.0. The van der Waals surface area contributed by atoms with Crippen LogP contribution in [-0.2, 0) is 32.7 Å². The summed E-state index contributed by atoms with van der Waals surface area (Å²) in [6, 6.07) is 0. The Labute approximate surface area is 358 Å². The van der Waals surface area contributed by atoms with Crippen molar-refractivity contribution >= 4 is 19.8 Å². The summed E-state index contributed by atoms with van der Waals surface area (Å²) in [5.74, 6) is -0.831. The van der Waals surface area contributed by atoms with Crippen LogP contribution in [0, 0.1) is 0 Å². The van der Waals surface area contributed by atoms with E-state index in [1.165, 1.54) is 148 Å². The van der Waals surface area contributed by atoms with Crippen LogP contribution in [-0.4, -0.2) is 70.0 Å². The predicted molar refractivity (Wildman–Crippen MR) is 241 cm³/mol. The van der Waals surface area contributed by atoms with Crippen molar-refractivity contribution in [3.8, 4) is 0 Å². The first kappa shape index (κ1) is 56.8. The second kappa shape index (κ2) is 41.1. The zero-order chi connectivity index (χ0) is 42.8. The van der Waals surface area contributed by atoms with Gasteiger partial charge in [-0.2, -0.15) is 0 Å². The van der Waals surface area contributed by atoms with Gasteiger partial charge in [-0.3, -0.25) is 14.2 Å². The third-order valence-electron chi connectivity index (χ3n) is 10.8. The third kappa shape index (κ3) is 44.3. The molecule has 0 amide bonds. The second-order valence-electron chi connectivity index (χ2n) is 17.8. The number of unbranched alkanes of at least 4 members (excludes halogenated alkanes) is 29. The maximum absolute atomic E-state index is 12.7. The number of likely N-dealkylation sites (N-methyl/N-ethyl adjacent to an activating group) is 1. The van der Waals surface area contributed by atoms with Gasteiger partial charge in [0.15, 0.2) is 6.10 Å². The van der Waals surface area contributed by atoms with E-state index < -0.39 is 26.5 Å². The van der Waals surface area contributed by atoms with Crippen molar-refractivity contribution in [2.45, 2.75) is 238 Å². The van der Waals surface area contributed by atoms with Crippen LogP contribution in [0.25, 0.3) is 0 Å². The van der Waals surface area contributed by atoms with E-state index >= 15 is 0 Å². The SMILES string of the molecule is CCCCCCCC/C=C\CCCCCCCC(=O)OC(COC(=O)CCCCCCCCCCCCCCCCCCCCC)COP(=O)([O-])OCC[N+](C)(C)C. The van der Waals surface area contributed by atoms with Gasteiger partial charge < -0.3 is 27.9 Å². The summed E-state index contributed by atoms with van der Waals surface area (Å²) in [6.45, 7) is 4.25. The lowest BCUT2D eigenvalue weighted by Gasteiger charge is -2.28. The molecule has 2 unspecified atom stereocenters. The van der Waals surface area contributed by atoms with E-state index in [-0.39, 0.29) is 32.0 Å². The van der Waals surface area contributed by atoms with Crippen molar-refractivity contribution in [2.24, 2.45) is 0 Å². The number of quaternary nitrogens is 1. The fraction of sp³-hybridized carbons (Fsp3) is 0.917. The van der Waals surface area contributed by atoms with E-state index in [1.54, 1.807) is 0 Å². The molecule has 0 heterocycles. The number of allylic oxidation sites excluding steroid dienone is 2. The van der Waals surface area contributed by atoms with Gasteiger partial charge in [0, 0.05) is 12.8 Å². The molecule has 0 saturated heterocycles. The molecule has 0 rings (SSSR count). The number of carbonyl (C=O) groups is 2. The fourth-order valence-corrected chi connectivity index (χ4v) is 7.67. The maximum Gasteiger partial charge on any atom is 0.306 e. The lowest BCUT2D eigenvalue weighted by molar-refractivity contribution is -0.870. The molecule has 10 heteroatoms. The van der Waals surface area contributed by atoms with Gasteiger partial charge in [0.2, 0.25) is 0 Å². The van der Waals surface area contributed by atoms with Crippen molar-refractivity contribution < 1.29 is 42.1 Å². The molecule has 0 spiro atoms. The van der Waals surface area contributed by atoms with Crippen molar-refractivity contribution in [2.75, 3.05) is 47.5 Å². The average molecular weight is 844 g/mol. The number of rotatable bonds is 45. The molecule has 2 atom stereocenters. The van der Waals surface area contributed by atoms with Crippen molar-refractivity contribution in [1.29, 1.82) is 0 Å². The molecule has 0 N–H and O–H groups in total. The summed E-state index contributed by atoms with van der Waals surface area (Å²) in [7, 11) is 1.17. The summed E-state index contributed by atoms with van der Waals surface area (Å²) in [6.07, 6.45) is 43.8. The van der Waals surface area contributed by atoms with Gasteiger partial charge in [-0.25, -0.2) is 0 Å². The third-order valence-corrected chi connectivity index (χ3v) is 11.7. The summed E-state index contributed by atoms with van der Waals surface area (Å²) < 4.78 is 34.0. The standard InChI is InChI=1S/C48H94NO8P/c1-6-8-10-12-14-16-18-20-22-23-24-25-27-28-30-32-34-36-38-40-47(50)54-44-46(45-56-58(52,53)55-43-42-49(3,4)5)57-48(51)41-39-37-35-33-31-29-26-21-19-17-15-13-11-9-7-2/h21,26,46H,6-20,22-25,27-45H2,1-5H3/b26-21-. The van der Waals surface area contributed by atoms with Crippen LogP contribution < -0.4 is 4.89 Å². The van der Waals surface area contributed by atoms with Crippen LogP contribution in [0.1, 0.15) is 232 Å². The monoisotopic (exact) mass is 844 g/mol. The number of phosphoric ester groups is 1. The van der Waals surface area contributed by atoms with Crippen LogP contribution in [0.3, 0.4) is 0 Å². The normalized spacial score (nSPS) is 13.6. The summed E-state index contributed by atoms with van der Waals surface area (Å²) >= 11 is 0. The van der Waals surface area contributed by atoms with Crippen LogP contribution in [0.4, 0.5) is 0 Å². The van der Waals surface area contributed by atoms with Crippen LogP contribution >= 0.6 is 7.82 Å². The number of hydrogen-bond acceptors (Lipinski definition) is 8. The van der Waals surface area contributed by atoms with E-state index in [4.69, 9.17) is 18.5 Å². The minimum Gasteiger partial charge on any atom is -0.756 e. The summed E-state index contributed by atoms with van der Waals surface area (Å²) in [5.41, 5.74) is 0. The highest BCUT2D eigenvalue weighted by molar-refractivity contribution is 7.45. The van der Waals surface area contributed by atoms with E-state index in [0.29, 0.717) is 17.4 Å². The first-order valence-corrected chi connectivity index (χ1v) is 25.9. The van der Waals surface area contributed by atoms with Crippen molar-refractivity contribution in [3.05, 3.63) is 12.2 Å². The molecule has 0 radical (unpaired) electrons. The first-order chi connectivity index (χ1) is 28.0. The maximum atomic E-state index is 12.7. The van der Waals surface area contributed by atoms with Gasteiger partial charge in [0.1, 0.15) is 19.8 Å². The van der Waals surface area contributed by atoms with Crippen molar-refractivity contribution in [3.63, 3.8) is 0 Å². The fourth-order valence-electron chi connectivity index (χ4n) is 6.95. The molecule has 344 valence electrons. The van der Waals surface area contributed by atoms with Crippen LogP contribution in [0.2, 0.25) is 0 Å². The lowest BCUT2D eigenvalue weighted by Crippen LogP contribution is -2.37. The zero-order valence-corrected chi connectivity index (χ0v) is 39.7. The quantitative estimate of drug-likeness (QED) is 0.0196. The summed E-state index contributed by atoms with van der Waals surface area (Å²) in [4.78, 5) is 37.6. The molecule has 0 fully saturated rings. The number of carbonyl (C=O) groups excluding carboxylic acids is 2. The van der Waals surface area contributed by atoms with Gasteiger partial charge >= 0.3 is 11.9 Å². The van der Waals surface area contributed by atoms with Gasteiger partial charge in [0.25, 0.3) is 7.82 Å². The minimum atomic E-state index is -4.62. The average Bonchev–Trinajstić information content (AvgIpc) is 3.17. The molecule has 0 aliphatic heterocycles. The Morgan fingerprint density at radius 3 is 1.28 bits per heavy atom. The number of phosphoric acid groups is 1. The molecule has 0 saturated carbocycles. The number of ether oxygens (including phenoxy) is 2. The van der Waals surface area contributed by atoms with E-state index in [0.717, 1.165) is 51.4 Å². The first-order valence-electron chi connectivity index (χ1n) is 24.4. The molecule has 0 aromatic heterocycles. The largest absolute Gasteiger partial charge is 0.756 e. The molecular formula is C48H94NO8P. The highest BCUT2D eigenvalue weighted by Crippen LogP contribution is 2.38. The smallest absolute Gasteiger partial charge is 0.306 e. The van der Waals surface area contributed by atoms with Crippen LogP contribution in [0.5, 0.6) is 0 Å². The molecule has 0 aliphatic rings. The van der Waals surface area contributed by atoms with Gasteiger partial charge in [-0.1, -0.05) is 193 Å². The Kier molecular flexibility index (Phi) is 40.2. The number of esters is 2. The molecule has 0 aromatic carbocycles. The minimum absolute atomic E-state index is 0.0291. The van der Waals surface area contributed by atoms with Gasteiger partial charge in [-0.15, -0.1) is 0 Å². The van der Waals surface area contributed by atoms with E-state index in [9.17, 15) is 19.0 Å². The molecule has 58 heavy (non-hydrogen) atoms. The molecule has 0 aliphatic carbocycles. The van der Waals surface area contributed by atoms with E-state index in [2.05, 4.69) is 26.0 Å². The second-order valence-corrected chi connectivity index (χ2v) is 19.2. The van der Waals surface area contributed by atoms with Gasteiger partial charge in [0.05, 0.1) is 27.7 Å². The Morgan fingerprint density at radius 2 is 0.879 bits per heavy atom. The highest BCUT2D eigenvalue weighted by atomic mass is 31.2. The van der Waals surface area contributed by atoms with Crippen LogP contribution in [0.15, 0.2) is 12.2 Å². The van der Waals surface area contributed by atoms with Gasteiger partial charge in [-0.05, 0) is 38.5 Å². The molecule has 0 bridgehead atoms. The predicted octanol–water partition coefficient (Wildman–Crippen LogP) is 13.5. The Balaban J connectivity index is 4.25. The van der Waals surface area contributed by atoms with Crippen molar-refractivity contribution in [1.82, 2.24) is 0 Å². The molecule has 0 aromatic rings.